The average molecular weight is 379 g/mol. The number of halogens is 3. The van der Waals surface area contributed by atoms with Gasteiger partial charge in [-0.3, -0.25) is 9.59 Å². The number of carboxylic acids is 1. The predicted molar refractivity (Wildman–Crippen MR) is 94.4 cm³/mol. The first-order valence-corrected chi connectivity index (χ1v) is 8.45. The topological polar surface area (TPSA) is 66.4 Å². The van der Waals surface area contributed by atoms with Crippen molar-refractivity contribution in [2.24, 2.45) is 5.92 Å². The molecule has 144 valence electrons. The number of benzene rings is 2. The Balaban J connectivity index is 1.90. The molecule has 0 saturated heterocycles. The van der Waals surface area contributed by atoms with Crippen molar-refractivity contribution >= 4 is 11.9 Å². The minimum absolute atomic E-state index is 0.0428. The van der Waals surface area contributed by atoms with Crippen molar-refractivity contribution < 1.29 is 27.9 Å². The van der Waals surface area contributed by atoms with Gasteiger partial charge in [0.15, 0.2) is 0 Å². The normalized spacial score (nSPS) is 12.4. The van der Waals surface area contributed by atoms with Gasteiger partial charge in [0, 0.05) is 18.5 Å². The highest BCUT2D eigenvalue weighted by molar-refractivity contribution is 5.94. The molecule has 1 atom stereocenters. The molecule has 2 aromatic carbocycles. The van der Waals surface area contributed by atoms with E-state index in [9.17, 15) is 27.9 Å². The summed E-state index contributed by atoms with van der Waals surface area (Å²) in [5.41, 5.74) is 1.61. The summed E-state index contributed by atoms with van der Waals surface area (Å²) < 4.78 is 36.7. The van der Waals surface area contributed by atoms with E-state index in [1.165, 1.54) is 24.3 Å². The van der Waals surface area contributed by atoms with Crippen molar-refractivity contribution in [3.63, 3.8) is 0 Å². The van der Waals surface area contributed by atoms with Crippen molar-refractivity contribution in [3.8, 4) is 0 Å². The van der Waals surface area contributed by atoms with Gasteiger partial charge in [0.05, 0.1) is 5.92 Å². The van der Waals surface area contributed by atoms with Gasteiger partial charge in [0.1, 0.15) is 0 Å². The molecule has 1 unspecified atom stereocenters. The van der Waals surface area contributed by atoms with Crippen LogP contribution in [0.15, 0.2) is 54.6 Å². The summed E-state index contributed by atoms with van der Waals surface area (Å²) in [7, 11) is 0. The van der Waals surface area contributed by atoms with Crippen LogP contribution in [-0.4, -0.2) is 29.7 Å². The molecule has 0 aliphatic rings. The van der Waals surface area contributed by atoms with Crippen LogP contribution < -0.4 is 5.32 Å². The maximum absolute atomic E-state index is 12.2. The average Bonchev–Trinajstić information content (AvgIpc) is 2.63. The zero-order valence-electron chi connectivity index (χ0n) is 14.5. The SMILES string of the molecule is O=C(NCC(Cc1ccccc1)C(=O)O)c1ccc(CCC(F)(F)F)cc1. The second-order valence-corrected chi connectivity index (χ2v) is 6.25. The molecule has 4 nitrogen and oxygen atoms in total. The van der Waals surface area contributed by atoms with Gasteiger partial charge in [-0.15, -0.1) is 0 Å². The Morgan fingerprint density at radius 3 is 2.15 bits per heavy atom. The zero-order valence-corrected chi connectivity index (χ0v) is 14.5. The fourth-order valence-electron chi connectivity index (χ4n) is 2.57. The molecule has 2 rings (SSSR count). The highest BCUT2D eigenvalue weighted by Gasteiger charge is 2.26. The van der Waals surface area contributed by atoms with Gasteiger partial charge in [0.2, 0.25) is 0 Å². The highest BCUT2D eigenvalue weighted by Crippen LogP contribution is 2.22. The third-order valence-electron chi connectivity index (χ3n) is 4.10. The summed E-state index contributed by atoms with van der Waals surface area (Å²) in [6, 6.07) is 14.9. The maximum atomic E-state index is 12.2. The summed E-state index contributed by atoms with van der Waals surface area (Å²) in [5, 5.41) is 11.9. The number of carbonyl (C=O) groups excluding carboxylic acids is 1. The molecule has 2 aromatic rings. The van der Waals surface area contributed by atoms with Crippen LogP contribution in [0.5, 0.6) is 0 Å². The smallest absolute Gasteiger partial charge is 0.389 e. The number of nitrogens with one attached hydrogen (secondary N) is 1. The standard InChI is InChI=1S/C20H20F3NO3/c21-20(22,23)11-10-14-6-8-16(9-7-14)18(25)24-13-17(19(26)27)12-15-4-2-1-3-5-15/h1-9,17H,10-13H2,(H,24,25)(H,26,27). The van der Waals surface area contributed by atoms with Gasteiger partial charge < -0.3 is 10.4 Å². The fraction of sp³-hybridized carbons (Fsp3) is 0.300. The second-order valence-electron chi connectivity index (χ2n) is 6.25. The Morgan fingerprint density at radius 2 is 1.59 bits per heavy atom. The number of amides is 1. The molecule has 7 heteroatoms. The van der Waals surface area contributed by atoms with E-state index in [0.29, 0.717) is 5.56 Å². The maximum Gasteiger partial charge on any atom is 0.389 e. The van der Waals surface area contributed by atoms with Crippen LogP contribution in [0.3, 0.4) is 0 Å². The molecule has 0 aliphatic heterocycles. The first kappa shape index (κ1) is 20.5. The number of hydrogen-bond acceptors (Lipinski definition) is 2. The third-order valence-corrected chi connectivity index (χ3v) is 4.10. The molecule has 0 bridgehead atoms. The van der Waals surface area contributed by atoms with E-state index in [0.717, 1.165) is 5.56 Å². The fourth-order valence-corrected chi connectivity index (χ4v) is 2.57. The van der Waals surface area contributed by atoms with Crippen LogP contribution in [0.25, 0.3) is 0 Å². The lowest BCUT2D eigenvalue weighted by Crippen LogP contribution is -2.34. The van der Waals surface area contributed by atoms with E-state index >= 15 is 0 Å². The Hall–Kier alpha value is -2.83. The van der Waals surface area contributed by atoms with Gasteiger partial charge in [-0.05, 0) is 36.1 Å². The predicted octanol–water partition coefficient (Wildman–Crippen LogP) is 3.85. The number of aliphatic carboxylic acids is 1. The Kier molecular flexibility index (Phi) is 6.98. The first-order chi connectivity index (χ1) is 12.7. The van der Waals surface area contributed by atoms with E-state index < -0.39 is 30.4 Å². The van der Waals surface area contributed by atoms with E-state index in [2.05, 4.69) is 5.32 Å². The largest absolute Gasteiger partial charge is 0.481 e. The minimum Gasteiger partial charge on any atom is -0.481 e. The van der Waals surface area contributed by atoms with Crippen molar-refractivity contribution in [1.82, 2.24) is 5.32 Å². The molecule has 0 fully saturated rings. The van der Waals surface area contributed by atoms with Gasteiger partial charge in [-0.2, -0.15) is 13.2 Å². The third kappa shape index (κ3) is 7.13. The minimum atomic E-state index is -4.22. The van der Waals surface area contributed by atoms with Crippen molar-refractivity contribution in [2.45, 2.75) is 25.4 Å². The molecule has 0 aliphatic carbocycles. The van der Waals surface area contributed by atoms with Gasteiger partial charge in [0.25, 0.3) is 5.91 Å². The van der Waals surface area contributed by atoms with E-state index in [1.807, 2.05) is 30.3 Å². The van der Waals surface area contributed by atoms with E-state index in [1.54, 1.807) is 0 Å². The quantitative estimate of drug-likeness (QED) is 0.732. The molecular weight excluding hydrogens is 359 g/mol. The van der Waals surface area contributed by atoms with Crippen molar-refractivity contribution in [3.05, 3.63) is 71.3 Å². The molecule has 0 aromatic heterocycles. The van der Waals surface area contributed by atoms with Gasteiger partial charge in [-0.1, -0.05) is 42.5 Å². The summed E-state index contributed by atoms with van der Waals surface area (Å²) in [4.78, 5) is 23.6. The second kappa shape index (κ2) is 9.21. The van der Waals surface area contributed by atoms with Gasteiger partial charge >= 0.3 is 12.1 Å². The monoisotopic (exact) mass is 379 g/mol. The van der Waals surface area contributed by atoms with E-state index in [-0.39, 0.29) is 24.9 Å². The highest BCUT2D eigenvalue weighted by atomic mass is 19.4. The van der Waals surface area contributed by atoms with Crippen LogP contribution in [-0.2, 0) is 17.6 Å². The molecule has 0 spiro atoms. The van der Waals surface area contributed by atoms with E-state index in [4.69, 9.17) is 0 Å². The van der Waals surface area contributed by atoms with Crippen LogP contribution >= 0.6 is 0 Å². The Labute approximate surface area is 155 Å². The number of aryl methyl sites for hydroxylation is 1. The van der Waals surface area contributed by atoms with Crippen LogP contribution in [0, 0.1) is 5.92 Å². The van der Waals surface area contributed by atoms with Crippen molar-refractivity contribution in [2.75, 3.05) is 6.54 Å². The van der Waals surface area contributed by atoms with Crippen LogP contribution in [0.1, 0.15) is 27.9 Å². The Bertz CT molecular complexity index is 758. The number of carbonyl (C=O) groups is 2. The molecule has 2 N–H and O–H groups in total. The lowest BCUT2D eigenvalue weighted by Gasteiger charge is -2.14. The lowest BCUT2D eigenvalue weighted by molar-refractivity contribution is -0.141. The van der Waals surface area contributed by atoms with Crippen LogP contribution in [0.2, 0.25) is 0 Å². The molecular formula is C20H20F3NO3. The zero-order chi connectivity index (χ0) is 19.9. The number of carboxylic acid groups (broad SMARTS) is 1. The lowest BCUT2D eigenvalue weighted by atomic mass is 9.99. The number of alkyl halides is 3. The summed E-state index contributed by atoms with van der Waals surface area (Å²) >= 11 is 0. The number of rotatable bonds is 8. The summed E-state index contributed by atoms with van der Waals surface area (Å²) in [6.07, 6.45) is -5.00. The van der Waals surface area contributed by atoms with Gasteiger partial charge in [-0.25, -0.2) is 0 Å². The summed E-state index contributed by atoms with van der Waals surface area (Å²) in [5.74, 6) is -2.25. The molecule has 27 heavy (non-hydrogen) atoms. The summed E-state index contributed by atoms with van der Waals surface area (Å²) in [6.45, 7) is -0.0428. The van der Waals surface area contributed by atoms with Crippen molar-refractivity contribution in [1.29, 1.82) is 0 Å². The molecule has 0 saturated carbocycles. The Morgan fingerprint density at radius 1 is 0.963 bits per heavy atom. The molecule has 0 heterocycles. The molecule has 0 radical (unpaired) electrons. The van der Waals surface area contributed by atoms with Crippen LogP contribution in [0.4, 0.5) is 13.2 Å². The molecule has 1 amide bonds. The number of hydrogen-bond donors (Lipinski definition) is 2. The first-order valence-electron chi connectivity index (χ1n) is 8.45.